The largest absolute Gasteiger partial charge is 0.394 e. The fourth-order valence-corrected chi connectivity index (χ4v) is 5.88. The fourth-order valence-electron chi connectivity index (χ4n) is 4.75. The van der Waals surface area contributed by atoms with Crippen LogP contribution >= 0.6 is 11.6 Å². The maximum Gasteiger partial charge on any atom is 0.264 e. The van der Waals surface area contributed by atoms with E-state index in [2.05, 4.69) is 21.9 Å². The van der Waals surface area contributed by atoms with Crippen molar-refractivity contribution >= 4 is 38.9 Å². The number of carbonyl (C=O) groups excluding carboxylic acids is 1. The summed E-state index contributed by atoms with van der Waals surface area (Å²) >= 11 is 6.06. The van der Waals surface area contributed by atoms with E-state index in [-0.39, 0.29) is 5.56 Å². The molecule has 7 nitrogen and oxygen atoms in total. The molecule has 212 valence electrons. The van der Waals surface area contributed by atoms with Gasteiger partial charge < -0.3 is 10.6 Å². The Morgan fingerprint density at radius 2 is 1.49 bits per heavy atom. The van der Waals surface area contributed by atoms with Crippen molar-refractivity contribution in [3.8, 4) is 11.1 Å². The molecule has 4 aromatic rings. The number of nitrogens with zero attached hydrogens (tertiary/aromatic N) is 2. The Labute approximate surface area is 242 Å². The normalized spacial score (nSPS) is 14.2. The lowest BCUT2D eigenvalue weighted by atomic mass is 9.99. The third kappa shape index (κ3) is 6.51. The molecule has 0 aliphatic carbocycles. The van der Waals surface area contributed by atoms with Crippen molar-refractivity contribution < 1.29 is 22.0 Å². The van der Waals surface area contributed by atoms with Crippen LogP contribution in [0.5, 0.6) is 0 Å². The molecule has 0 spiro atoms. The number of hydrogen-bond acceptors (Lipinski definition) is 6. The number of piperazine rings is 1. The van der Waals surface area contributed by atoms with E-state index in [0.29, 0.717) is 17.2 Å². The minimum atomic E-state index is -4.51. The first kappa shape index (κ1) is 28.5. The van der Waals surface area contributed by atoms with Gasteiger partial charge in [-0.15, -0.1) is 0 Å². The smallest absolute Gasteiger partial charge is 0.264 e. The van der Waals surface area contributed by atoms with Crippen LogP contribution in [0.1, 0.15) is 15.9 Å². The van der Waals surface area contributed by atoms with E-state index >= 15 is 0 Å². The lowest BCUT2D eigenvalue weighted by Crippen LogP contribution is -2.46. The zero-order valence-electron chi connectivity index (χ0n) is 21.9. The first-order chi connectivity index (χ1) is 19.6. The average molecular weight is 597 g/mol. The lowest BCUT2D eigenvalue weighted by Gasteiger charge is -2.36. The molecule has 0 unspecified atom stereocenters. The Morgan fingerprint density at radius 1 is 0.878 bits per heavy atom. The van der Waals surface area contributed by atoms with E-state index in [1.807, 2.05) is 41.1 Å². The summed E-state index contributed by atoms with van der Waals surface area (Å²) in [6, 6.07) is 23.8. The van der Waals surface area contributed by atoms with Crippen LogP contribution < -0.4 is 15.4 Å². The van der Waals surface area contributed by atoms with Crippen molar-refractivity contribution in [1.82, 2.24) is 9.62 Å². The number of hydrogen-bond donors (Lipinski definition) is 2. The van der Waals surface area contributed by atoms with Crippen molar-refractivity contribution in [3.63, 3.8) is 0 Å². The summed E-state index contributed by atoms with van der Waals surface area (Å²) in [4.78, 5) is 16.4. The number of anilines is 2. The van der Waals surface area contributed by atoms with Gasteiger partial charge in [0, 0.05) is 49.0 Å². The average Bonchev–Trinajstić information content (AvgIpc) is 2.97. The van der Waals surface area contributed by atoms with Crippen molar-refractivity contribution in [2.75, 3.05) is 36.8 Å². The third-order valence-corrected chi connectivity index (χ3v) is 8.59. The zero-order chi connectivity index (χ0) is 29.1. The summed E-state index contributed by atoms with van der Waals surface area (Å²) in [5, 5.41) is 0.701. The van der Waals surface area contributed by atoms with E-state index in [0.717, 1.165) is 44.0 Å². The number of carbonyl (C=O) groups is 1. The maximum absolute atomic E-state index is 13.7. The van der Waals surface area contributed by atoms with E-state index in [4.69, 9.17) is 17.3 Å². The number of nitrogens with one attached hydrogen (secondary N) is 1. The van der Waals surface area contributed by atoms with Gasteiger partial charge in [-0.3, -0.25) is 9.69 Å². The Kier molecular flexibility index (Phi) is 8.25. The predicted molar refractivity (Wildman–Crippen MR) is 156 cm³/mol. The van der Waals surface area contributed by atoms with Crippen LogP contribution in [0.4, 0.5) is 20.2 Å². The molecule has 41 heavy (non-hydrogen) atoms. The molecule has 0 atom stereocenters. The molecule has 0 aromatic heterocycles. The van der Waals surface area contributed by atoms with Crippen molar-refractivity contribution in [2.24, 2.45) is 0 Å². The van der Waals surface area contributed by atoms with Crippen molar-refractivity contribution in [1.29, 1.82) is 0 Å². The first-order valence-corrected chi connectivity index (χ1v) is 14.7. The minimum absolute atomic E-state index is 0.0890. The van der Waals surface area contributed by atoms with Crippen LogP contribution in [0.3, 0.4) is 0 Å². The molecule has 0 bridgehead atoms. The molecular formula is C30H27ClF2N4O3S. The molecule has 0 radical (unpaired) electrons. The molecular weight excluding hydrogens is 570 g/mol. The van der Waals surface area contributed by atoms with Crippen LogP contribution in [-0.4, -0.2) is 45.4 Å². The van der Waals surface area contributed by atoms with Crippen LogP contribution in [0.25, 0.3) is 11.1 Å². The minimum Gasteiger partial charge on any atom is -0.394 e. The van der Waals surface area contributed by atoms with Gasteiger partial charge >= 0.3 is 0 Å². The third-order valence-electron chi connectivity index (χ3n) is 7.02. The summed E-state index contributed by atoms with van der Waals surface area (Å²) in [7, 11) is -4.51. The van der Waals surface area contributed by atoms with Crippen molar-refractivity contribution in [3.05, 3.63) is 113 Å². The molecule has 1 aliphatic rings. The molecule has 1 saturated heterocycles. The maximum atomic E-state index is 13.7. The van der Waals surface area contributed by atoms with Gasteiger partial charge in [0.25, 0.3) is 15.9 Å². The number of rotatable bonds is 7. The molecule has 11 heteroatoms. The summed E-state index contributed by atoms with van der Waals surface area (Å²) in [6.07, 6.45) is 0. The molecule has 3 N–H and O–H groups in total. The topological polar surface area (TPSA) is 95.7 Å². The number of benzene rings is 4. The van der Waals surface area contributed by atoms with Crippen molar-refractivity contribution in [2.45, 2.75) is 11.4 Å². The highest BCUT2D eigenvalue weighted by molar-refractivity contribution is 7.90. The van der Waals surface area contributed by atoms with Gasteiger partial charge in [-0.25, -0.2) is 21.9 Å². The first-order valence-electron chi connectivity index (χ1n) is 12.8. The lowest BCUT2D eigenvalue weighted by molar-refractivity contribution is 0.0981. The molecule has 5 rings (SSSR count). The molecule has 0 saturated carbocycles. The summed E-state index contributed by atoms with van der Waals surface area (Å²) in [5.74, 6) is -3.38. The van der Waals surface area contributed by atoms with Gasteiger partial charge in [-0.2, -0.15) is 0 Å². The van der Waals surface area contributed by atoms with Gasteiger partial charge in [-0.05, 0) is 65.2 Å². The summed E-state index contributed by atoms with van der Waals surface area (Å²) in [6.45, 7) is 4.03. The van der Waals surface area contributed by atoms with Crippen LogP contribution in [0, 0.1) is 11.6 Å². The highest BCUT2D eigenvalue weighted by Gasteiger charge is 2.23. The van der Waals surface area contributed by atoms with Crippen LogP contribution in [-0.2, 0) is 16.6 Å². The second-order valence-corrected chi connectivity index (χ2v) is 11.8. The molecule has 1 aliphatic heterocycles. The highest BCUT2D eigenvalue weighted by atomic mass is 35.5. The van der Waals surface area contributed by atoms with E-state index in [9.17, 15) is 22.0 Å². The molecule has 4 aromatic carbocycles. The van der Waals surface area contributed by atoms with Gasteiger partial charge in [0.1, 0.15) is 17.3 Å². The molecule has 1 fully saturated rings. The van der Waals surface area contributed by atoms with E-state index in [1.165, 1.54) is 23.3 Å². The molecule has 1 amide bonds. The summed E-state index contributed by atoms with van der Waals surface area (Å²) < 4.78 is 54.3. The van der Waals surface area contributed by atoms with Crippen LogP contribution in [0.15, 0.2) is 89.8 Å². The second-order valence-electron chi connectivity index (χ2n) is 9.71. The monoisotopic (exact) mass is 596 g/mol. The number of nitrogen functional groups attached to an aromatic ring is 1. The van der Waals surface area contributed by atoms with E-state index in [1.54, 1.807) is 12.1 Å². The molecule has 1 heterocycles. The quantitative estimate of drug-likeness (QED) is 0.281. The fraction of sp³-hybridized carbons (Fsp3) is 0.167. The number of amides is 1. The summed E-state index contributed by atoms with van der Waals surface area (Å²) in [5.41, 5.74) is 8.91. The standard InChI is InChI=1S/C30H27ClF2N4O3S/c31-23-9-5-20(6-10-23)26-4-2-1-3-22(26)19-36-13-15-37(16-14-36)24-11-7-21(8-12-24)30(38)35-41(39,40)25-17-27(32)29(34)28(33)18-25/h1-12,17-18H,13-16,19,34H2,(H,35,38). The number of nitrogens with two attached hydrogens (primary N) is 1. The van der Waals surface area contributed by atoms with Gasteiger partial charge in [0.15, 0.2) is 0 Å². The SMILES string of the molecule is Nc1c(F)cc(S(=O)(=O)NC(=O)c2ccc(N3CCN(Cc4ccccc4-c4ccc(Cl)cc4)CC3)cc2)cc1F. The Balaban J connectivity index is 1.19. The predicted octanol–water partition coefficient (Wildman–Crippen LogP) is 5.31. The van der Waals surface area contributed by atoms with E-state index < -0.39 is 38.1 Å². The van der Waals surface area contributed by atoms with Gasteiger partial charge in [-0.1, -0.05) is 48.0 Å². The van der Waals surface area contributed by atoms with Gasteiger partial charge in [0.2, 0.25) is 0 Å². The zero-order valence-corrected chi connectivity index (χ0v) is 23.4. The Bertz CT molecular complexity index is 1650. The second kappa shape index (κ2) is 11.9. The number of sulfonamides is 1. The highest BCUT2D eigenvalue weighted by Crippen LogP contribution is 2.27. The van der Waals surface area contributed by atoms with Gasteiger partial charge in [0.05, 0.1) is 4.90 Å². The Hall–Kier alpha value is -3.99. The Morgan fingerprint density at radius 3 is 2.12 bits per heavy atom. The number of halogens is 3. The van der Waals surface area contributed by atoms with Crippen LogP contribution in [0.2, 0.25) is 5.02 Å².